The molecule has 0 aliphatic heterocycles. The van der Waals surface area contributed by atoms with E-state index in [0.29, 0.717) is 10.7 Å². The van der Waals surface area contributed by atoms with Crippen molar-refractivity contribution in [1.29, 1.82) is 5.41 Å². The van der Waals surface area contributed by atoms with Gasteiger partial charge in [0.2, 0.25) is 0 Å². The van der Waals surface area contributed by atoms with E-state index in [1.807, 2.05) is 0 Å². The molecule has 1 aromatic carbocycles. The van der Waals surface area contributed by atoms with Gasteiger partial charge < -0.3 is 15.2 Å². The van der Waals surface area contributed by atoms with Crippen molar-refractivity contribution in [1.82, 2.24) is 0 Å². The average Bonchev–Trinajstić information content (AvgIpc) is 2.35. The lowest BCUT2D eigenvalue weighted by atomic mass is 10.1. The van der Waals surface area contributed by atoms with Crippen molar-refractivity contribution in [2.45, 2.75) is 0 Å². The molecule has 0 unspecified atom stereocenters. The Morgan fingerprint density at radius 3 is 2.72 bits per heavy atom. The molecule has 0 heterocycles. The van der Waals surface area contributed by atoms with Gasteiger partial charge in [-0.25, -0.2) is 4.79 Å². The molecule has 96 valence electrons. The first kappa shape index (κ1) is 14.0. The number of aliphatic carboxylic acids is 1. The summed E-state index contributed by atoms with van der Waals surface area (Å²) < 4.78 is 4.44. The molecule has 0 aliphatic rings. The minimum atomic E-state index is -1.06. The Labute approximate surface area is 108 Å². The third-order valence-corrected chi connectivity index (χ3v) is 2.31. The quantitative estimate of drug-likeness (QED) is 0.554. The summed E-state index contributed by atoms with van der Waals surface area (Å²) in [5.74, 6) is -1.88. The zero-order chi connectivity index (χ0) is 13.7. The number of rotatable bonds is 5. The zero-order valence-electron chi connectivity index (χ0n) is 9.49. The van der Waals surface area contributed by atoms with E-state index in [-0.39, 0.29) is 12.1 Å². The molecule has 0 atom stereocenters. The van der Waals surface area contributed by atoms with Crippen molar-refractivity contribution in [3.8, 4) is 0 Å². The number of esters is 1. The number of carbonyl (C=O) groups excluding carboxylic acids is 1. The van der Waals surface area contributed by atoms with Gasteiger partial charge in [-0.1, -0.05) is 11.6 Å². The van der Waals surface area contributed by atoms with Gasteiger partial charge in [0, 0.05) is 16.3 Å². The maximum absolute atomic E-state index is 11.3. The number of halogens is 1. The van der Waals surface area contributed by atoms with Crippen LogP contribution in [0.2, 0.25) is 5.02 Å². The monoisotopic (exact) mass is 270 g/mol. The van der Waals surface area contributed by atoms with Crippen molar-refractivity contribution >= 4 is 34.9 Å². The van der Waals surface area contributed by atoms with E-state index < -0.39 is 17.7 Å². The second kappa shape index (κ2) is 6.02. The minimum Gasteiger partial charge on any atom is -0.480 e. The van der Waals surface area contributed by atoms with Gasteiger partial charge in [0.25, 0.3) is 0 Å². The predicted molar refractivity (Wildman–Crippen MR) is 66.4 cm³/mol. The minimum absolute atomic E-state index is 0.190. The Bertz CT molecular complexity index is 502. The fraction of sp³-hybridized carbons (Fsp3) is 0.182. The van der Waals surface area contributed by atoms with Gasteiger partial charge in [-0.05, 0) is 18.2 Å². The van der Waals surface area contributed by atoms with Crippen LogP contribution in [-0.4, -0.2) is 36.4 Å². The lowest BCUT2D eigenvalue weighted by Crippen LogP contribution is -2.19. The largest absolute Gasteiger partial charge is 0.480 e. The van der Waals surface area contributed by atoms with Crippen LogP contribution in [0.25, 0.3) is 0 Å². The molecule has 0 aromatic heterocycles. The highest BCUT2D eigenvalue weighted by atomic mass is 35.5. The average molecular weight is 271 g/mol. The van der Waals surface area contributed by atoms with Gasteiger partial charge in [-0.2, -0.15) is 0 Å². The molecule has 18 heavy (non-hydrogen) atoms. The molecule has 0 bridgehead atoms. The molecule has 0 fully saturated rings. The van der Waals surface area contributed by atoms with Crippen LogP contribution >= 0.6 is 11.6 Å². The standard InChI is InChI=1S/C11H11ClN2O4/c1-18-11(17)10(13)7-4-6(12)2-3-8(7)14-5-9(15)16/h2-4,13-14H,5H2,1H3,(H,15,16). The number of methoxy groups -OCH3 is 1. The number of carboxylic acids is 1. The number of hydrogen-bond donors (Lipinski definition) is 3. The molecule has 1 rings (SSSR count). The highest BCUT2D eigenvalue weighted by Gasteiger charge is 2.16. The fourth-order valence-electron chi connectivity index (χ4n) is 1.26. The van der Waals surface area contributed by atoms with Gasteiger partial charge in [0.15, 0.2) is 0 Å². The molecule has 0 saturated heterocycles. The van der Waals surface area contributed by atoms with Crippen LogP contribution in [-0.2, 0) is 14.3 Å². The first-order valence-corrected chi connectivity index (χ1v) is 5.26. The third-order valence-electron chi connectivity index (χ3n) is 2.07. The van der Waals surface area contributed by atoms with Crippen molar-refractivity contribution in [3.05, 3.63) is 28.8 Å². The van der Waals surface area contributed by atoms with Crippen LogP contribution in [0.15, 0.2) is 18.2 Å². The maximum Gasteiger partial charge on any atom is 0.356 e. The van der Waals surface area contributed by atoms with Crippen LogP contribution in [0.5, 0.6) is 0 Å². The number of anilines is 1. The predicted octanol–water partition coefficient (Wildman–Crippen LogP) is 1.38. The van der Waals surface area contributed by atoms with Crippen molar-refractivity contribution in [2.75, 3.05) is 19.0 Å². The summed E-state index contributed by atoms with van der Waals surface area (Å²) in [7, 11) is 1.16. The Kier molecular flexibility index (Phi) is 4.67. The molecule has 0 aliphatic carbocycles. The Hall–Kier alpha value is -2.08. The smallest absolute Gasteiger partial charge is 0.356 e. The summed E-state index contributed by atoms with van der Waals surface area (Å²) in [5.41, 5.74) is 0.126. The molecular formula is C11H11ClN2O4. The number of carboxylic acid groups (broad SMARTS) is 1. The van der Waals surface area contributed by atoms with Crippen LogP contribution in [0.1, 0.15) is 5.56 Å². The van der Waals surface area contributed by atoms with E-state index >= 15 is 0 Å². The van der Waals surface area contributed by atoms with E-state index in [0.717, 1.165) is 7.11 Å². The Balaban J connectivity index is 3.07. The summed E-state index contributed by atoms with van der Waals surface area (Å²) in [6.07, 6.45) is 0. The van der Waals surface area contributed by atoms with Crippen LogP contribution in [0.4, 0.5) is 5.69 Å². The molecule has 0 saturated carbocycles. The molecule has 3 N–H and O–H groups in total. The fourth-order valence-corrected chi connectivity index (χ4v) is 1.43. The SMILES string of the molecule is COC(=O)C(=N)c1cc(Cl)ccc1NCC(=O)O. The van der Waals surface area contributed by atoms with Gasteiger partial charge in [-0.15, -0.1) is 0 Å². The molecule has 0 radical (unpaired) electrons. The van der Waals surface area contributed by atoms with E-state index in [2.05, 4.69) is 10.1 Å². The number of nitrogens with one attached hydrogen (secondary N) is 2. The highest BCUT2D eigenvalue weighted by Crippen LogP contribution is 2.21. The van der Waals surface area contributed by atoms with Gasteiger partial charge in [-0.3, -0.25) is 10.2 Å². The van der Waals surface area contributed by atoms with Gasteiger partial charge in [0.1, 0.15) is 12.3 Å². The molecule has 7 heteroatoms. The summed E-state index contributed by atoms with van der Waals surface area (Å²) in [6.45, 7) is -0.330. The van der Waals surface area contributed by atoms with E-state index in [9.17, 15) is 9.59 Å². The van der Waals surface area contributed by atoms with Crippen molar-refractivity contribution in [2.24, 2.45) is 0 Å². The summed E-state index contributed by atoms with van der Waals surface area (Å²) in [4.78, 5) is 21.8. The third kappa shape index (κ3) is 3.46. The topological polar surface area (TPSA) is 99.5 Å². The normalized spacial score (nSPS) is 9.67. The van der Waals surface area contributed by atoms with Crippen LogP contribution in [0.3, 0.4) is 0 Å². The molecule has 0 spiro atoms. The first-order valence-electron chi connectivity index (χ1n) is 4.88. The Morgan fingerprint density at radius 1 is 1.50 bits per heavy atom. The van der Waals surface area contributed by atoms with Crippen LogP contribution in [0, 0.1) is 5.41 Å². The number of hydrogen-bond acceptors (Lipinski definition) is 5. The van der Waals surface area contributed by atoms with Crippen LogP contribution < -0.4 is 5.32 Å². The van der Waals surface area contributed by atoms with E-state index in [1.165, 1.54) is 18.2 Å². The second-order valence-corrected chi connectivity index (χ2v) is 3.74. The first-order chi connectivity index (χ1) is 8.45. The maximum atomic E-state index is 11.3. The van der Waals surface area contributed by atoms with Crippen molar-refractivity contribution in [3.63, 3.8) is 0 Å². The van der Waals surface area contributed by atoms with Crippen molar-refractivity contribution < 1.29 is 19.4 Å². The van der Waals surface area contributed by atoms with E-state index in [1.54, 1.807) is 0 Å². The second-order valence-electron chi connectivity index (χ2n) is 3.30. The van der Waals surface area contributed by atoms with E-state index in [4.69, 9.17) is 22.1 Å². The Morgan fingerprint density at radius 2 is 2.17 bits per heavy atom. The highest BCUT2D eigenvalue weighted by molar-refractivity contribution is 6.43. The van der Waals surface area contributed by atoms with Gasteiger partial charge >= 0.3 is 11.9 Å². The summed E-state index contributed by atoms with van der Waals surface area (Å²) in [5, 5.41) is 19.1. The zero-order valence-corrected chi connectivity index (χ0v) is 10.2. The molecule has 6 nitrogen and oxygen atoms in total. The summed E-state index contributed by atoms with van der Waals surface area (Å²) >= 11 is 5.78. The summed E-state index contributed by atoms with van der Waals surface area (Å²) in [6, 6.07) is 4.42. The molecular weight excluding hydrogens is 260 g/mol. The van der Waals surface area contributed by atoms with Gasteiger partial charge in [0.05, 0.1) is 7.11 Å². The number of carbonyl (C=O) groups is 2. The molecule has 1 aromatic rings. The number of ether oxygens (including phenoxy) is 1. The lowest BCUT2D eigenvalue weighted by molar-refractivity contribution is -0.135. The lowest BCUT2D eigenvalue weighted by Gasteiger charge is -2.11. The number of benzene rings is 1. The molecule has 0 amide bonds.